The van der Waals surface area contributed by atoms with Gasteiger partial charge >= 0.3 is 5.97 Å². The number of hydrogen-bond donors (Lipinski definition) is 1. The average molecular weight is 549 g/mol. The van der Waals surface area contributed by atoms with Crippen LogP contribution in [0, 0.1) is 20.2 Å². The summed E-state index contributed by atoms with van der Waals surface area (Å²) in [6.45, 7) is 9.27. The van der Waals surface area contributed by atoms with Crippen molar-refractivity contribution in [3.05, 3.63) is 103 Å². The maximum absolute atomic E-state index is 12.1. The number of nitro groups is 2. The van der Waals surface area contributed by atoms with Gasteiger partial charge in [0.25, 0.3) is 11.4 Å². The average Bonchev–Trinajstić information content (AvgIpc) is 2.92. The van der Waals surface area contributed by atoms with Gasteiger partial charge in [-0.05, 0) is 49.6 Å². The molecule has 0 amide bonds. The Morgan fingerprint density at radius 2 is 1.57 bits per heavy atom. The molecule has 0 radical (unpaired) electrons. The van der Waals surface area contributed by atoms with Crippen LogP contribution in [0.2, 0.25) is 0 Å². The van der Waals surface area contributed by atoms with E-state index in [1.807, 2.05) is 32.9 Å². The zero-order valence-electron chi connectivity index (χ0n) is 22.8. The first-order valence-electron chi connectivity index (χ1n) is 13.0. The fourth-order valence-corrected chi connectivity index (χ4v) is 4.48. The molecule has 0 atom stereocenters. The molecular formula is C28H32N6O6. The van der Waals surface area contributed by atoms with Crippen LogP contribution in [0.4, 0.5) is 11.4 Å². The van der Waals surface area contributed by atoms with Gasteiger partial charge < -0.3 is 10.1 Å². The van der Waals surface area contributed by atoms with Crippen molar-refractivity contribution in [3.63, 3.8) is 0 Å². The number of carbonyl (C=O) groups is 1. The van der Waals surface area contributed by atoms with Crippen molar-refractivity contribution in [2.24, 2.45) is 0 Å². The molecule has 0 aliphatic carbocycles. The number of pyridine rings is 2. The monoisotopic (exact) mass is 548 g/mol. The van der Waals surface area contributed by atoms with Crippen LogP contribution in [-0.2, 0) is 37.2 Å². The van der Waals surface area contributed by atoms with Gasteiger partial charge in [-0.1, -0.05) is 12.1 Å². The molecule has 2 aliphatic heterocycles. The Morgan fingerprint density at radius 3 is 2.17 bits per heavy atom. The first-order valence-corrected chi connectivity index (χ1v) is 13.0. The second-order valence-electron chi connectivity index (χ2n) is 10.7. The van der Waals surface area contributed by atoms with Gasteiger partial charge in [-0.2, -0.15) is 0 Å². The Bertz CT molecular complexity index is 1400. The fraction of sp³-hybridized carbons (Fsp3) is 0.393. The second kappa shape index (κ2) is 12.3. The number of ether oxygens (including phenoxy) is 1. The lowest BCUT2D eigenvalue weighted by atomic mass is 10.0. The summed E-state index contributed by atoms with van der Waals surface area (Å²) >= 11 is 0. The van der Waals surface area contributed by atoms with Gasteiger partial charge in [0.05, 0.1) is 15.4 Å². The molecule has 0 unspecified atom stereocenters. The molecule has 5 rings (SSSR count). The number of aromatic nitrogens is 2. The molecule has 1 N–H and O–H groups in total. The zero-order chi connectivity index (χ0) is 28.9. The van der Waals surface area contributed by atoms with Gasteiger partial charge in [-0.15, -0.1) is 0 Å². The first kappa shape index (κ1) is 28.7. The molecule has 3 aromatic rings. The molecule has 40 heavy (non-hydrogen) atoms. The van der Waals surface area contributed by atoms with Gasteiger partial charge in [-0.3, -0.25) is 35.1 Å². The topological polar surface area (TPSA) is 154 Å². The molecule has 0 saturated heterocycles. The van der Waals surface area contributed by atoms with Crippen LogP contribution in [0.15, 0.2) is 48.8 Å². The van der Waals surface area contributed by atoms with Crippen molar-refractivity contribution in [1.29, 1.82) is 0 Å². The molecule has 0 spiro atoms. The lowest BCUT2D eigenvalue weighted by molar-refractivity contribution is -0.385. The van der Waals surface area contributed by atoms with E-state index >= 15 is 0 Å². The van der Waals surface area contributed by atoms with E-state index in [2.05, 4.69) is 20.2 Å². The highest BCUT2D eigenvalue weighted by atomic mass is 16.6. The Hall–Kier alpha value is -4.29. The minimum absolute atomic E-state index is 0.0253. The summed E-state index contributed by atoms with van der Waals surface area (Å²) < 4.78 is 5.37. The second-order valence-corrected chi connectivity index (χ2v) is 10.7. The summed E-state index contributed by atoms with van der Waals surface area (Å²) in [5.74, 6) is -0.334. The fourth-order valence-electron chi connectivity index (χ4n) is 4.48. The molecule has 2 aliphatic rings. The highest BCUT2D eigenvalue weighted by molar-refractivity contribution is 5.89. The predicted molar refractivity (Wildman–Crippen MR) is 147 cm³/mol. The van der Waals surface area contributed by atoms with Crippen molar-refractivity contribution < 1.29 is 19.4 Å². The number of benzene rings is 1. The quantitative estimate of drug-likeness (QED) is 0.279. The van der Waals surface area contributed by atoms with E-state index in [1.54, 1.807) is 24.3 Å². The zero-order valence-corrected chi connectivity index (χ0v) is 22.8. The molecule has 0 saturated carbocycles. The molecule has 1 aromatic carbocycles. The molecule has 0 fully saturated rings. The van der Waals surface area contributed by atoms with Gasteiger partial charge in [-0.25, -0.2) is 4.79 Å². The van der Waals surface area contributed by atoms with Crippen LogP contribution in [-0.4, -0.2) is 49.4 Å². The Balaban J connectivity index is 0.000000236. The van der Waals surface area contributed by atoms with E-state index in [0.717, 1.165) is 54.0 Å². The first-order chi connectivity index (χ1) is 19.0. The summed E-state index contributed by atoms with van der Waals surface area (Å²) in [6.07, 6.45) is 4.27. The number of esters is 1. The summed E-state index contributed by atoms with van der Waals surface area (Å²) in [5, 5.41) is 24.5. The maximum Gasteiger partial charge on any atom is 0.338 e. The lowest BCUT2D eigenvalue weighted by Crippen LogP contribution is -2.30. The van der Waals surface area contributed by atoms with E-state index in [0.29, 0.717) is 25.2 Å². The normalized spacial score (nSPS) is 14.7. The molecule has 210 valence electrons. The third kappa shape index (κ3) is 7.64. The molecule has 4 heterocycles. The van der Waals surface area contributed by atoms with Gasteiger partial charge in [0.2, 0.25) is 0 Å². The van der Waals surface area contributed by atoms with E-state index in [1.165, 1.54) is 12.4 Å². The van der Waals surface area contributed by atoms with Crippen molar-refractivity contribution in [2.45, 2.75) is 58.8 Å². The number of nitrogens with one attached hydrogen (secondary N) is 1. The summed E-state index contributed by atoms with van der Waals surface area (Å²) in [6, 6.07) is 10.6. The summed E-state index contributed by atoms with van der Waals surface area (Å²) in [7, 11) is 0. The van der Waals surface area contributed by atoms with Crippen LogP contribution in [0.3, 0.4) is 0 Å². The standard InChI is InChI=1S/C20H23N3O4.C8H9N3O2/c1-20(2,3)27-19(24)15-6-4-14(5-7-15)12-22-9-8-18-16(13-22)10-17(11-21-18)23(25)26;12-11(13)7-3-6-4-9-2-1-8(6)10-5-7/h4-7,10-11H,8-9,12-13H2,1-3H3;3,5,9H,1-2,4H2. The van der Waals surface area contributed by atoms with E-state index in [4.69, 9.17) is 4.74 Å². The van der Waals surface area contributed by atoms with Crippen LogP contribution in [0.25, 0.3) is 0 Å². The van der Waals surface area contributed by atoms with E-state index < -0.39 is 15.4 Å². The van der Waals surface area contributed by atoms with Crippen molar-refractivity contribution in [1.82, 2.24) is 20.2 Å². The van der Waals surface area contributed by atoms with Crippen LogP contribution in [0.1, 0.15) is 59.2 Å². The number of rotatable bonds is 5. The number of carbonyl (C=O) groups excluding carboxylic acids is 1. The summed E-state index contributed by atoms with van der Waals surface area (Å²) in [4.78, 5) is 43.1. The van der Waals surface area contributed by atoms with Gasteiger partial charge in [0.1, 0.15) is 18.0 Å². The van der Waals surface area contributed by atoms with Crippen LogP contribution in [0.5, 0.6) is 0 Å². The minimum Gasteiger partial charge on any atom is -0.456 e. The maximum atomic E-state index is 12.1. The molecular weight excluding hydrogens is 516 g/mol. The molecule has 12 nitrogen and oxygen atoms in total. The highest BCUT2D eigenvalue weighted by Crippen LogP contribution is 2.23. The van der Waals surface area contributed by atoms with Crippen LogP contribution < -0.4 is 5.32 Å². The van der Waals surface area contributed by atoms with Gasteiger partial charge in [0.15, 0.2) is 0 Å². The largest absolute Gasteiger partial charge is 0.456 e. The number of fused-ring (bicyclic) bond motifs is 2. The molecule has 0 bridgehead atoms. The Kier molecular flexibility index (Phi) is 8.80. The van der Waals surface area contributed by atoms with Crippen molar-refractivity contribution in [3.8, 4) is 0 Å². The predicted octanol–water partition coefficient (Wildman–Crippen LogP) is 4.14. The SMILES string of the molecule is CC(C)(C)OC(=O)c1ccc(CN2CCc3ncc([N+](=O)[O-])cc3C2)cc1.O=[N+]([O-])c1cnc2c(c1)CNCC2. The lowest BCUT2D eigenvalue weighted by Gasteiger charge is -2.28. The number of hydrogen-bond acceptors (Lipinski definition) is 10. The third-order valence-corrected chi connectivity index (χ3v) is 6.42. The van der Waals surface area contributed by atoms with E-state index in [9.17, 15) is 25.0 Å². The highest BCUT2D eigenvalue weighted by Gasteiger charge is 2.21. The minimum atomic E-state index is -0.520. The van der Waals surface area contributed by atoms with E-state index in [-0.39, 0.29) is 17.3 Å². The third-order valence-electron chi connectivity index (χ3n) is 6.42. The van der Waals surface area contributed by atoms with Crippen molar-refractivity contribution >= 4 is 17.3 Å². The van der Waals surface area contributed by atoms with Crippen LogP contribution >= 0.6 is 0 Å². The van der Waals surface area contributed by atoms with Gasteiger partial charge in [0, 0.05) is 69.1 Å². The Morgan fingerprint density at radius 1 is 0.975 bits per heavy atom. The molecule has 12 heteroatoms. The molecule has 2 aromatic heterocycles. The summed E-state index contributed by atoms with van der Waals surface area (Å²) in [5.41, 5.74) is 4.93. The number of nitrogens with zero attached hydrogens (tertiary/aromatic N) is 5. The Labute approximate surface area is 231 Å². The smallest absolute Gasteiger partial charge is 0.338 e. The van der Waals surface area contributed by atoms with Crippen molar-refractivity contribution in [2.75, 3.05) is 13.1 Å².